The number of benzene rings is 1. The van der Waals surface area contributed by atoms with Gasteiger partial charge in [0.05, 0.1) is 24.7 Å². The molecular formula is C14H20N2O5S. The third-order valence-corrected chi connectivity index (χ3v) is 5.29. The summed E-state index contributed by atoms with van der Waals surface area (Å²) in [6, 6.07) is 5.41. The lowest BCUT2D eigenvalue weighted by molar-refractivity contribution is 0.0730. The summed E-state index contributed by atoms with van der Waals surface area (Å²) < 4.78 is 31.4. The predicted molar refractivity (Wildman–Crippen MR) is 80.0 cm³/mol. The number of carbonyl (C=O) groups excluding carboxylic acids is 1. The molecule has 22 heavy (non-hydrogen) atoms. The summed E-state index contributed by atoms with van der Waals surface area (Å²) >= 11 is 0. The minimum absolute atomic E-state index is 0.154. The fourth-order valence-corrected chi connectivity index (χ4v) is 3.48. The maximum Gasteiger partial charge on any atom is 0.251 e. The monoisotopic (exact) mass is 328 g/mol. The zero-order chi connectivity index (χ0) is 16.2. The maximum absolute atomic E-state index is 12.4. The van der Waals surface area contributed by atoms with Crippen LogP contribution in [0.2, 0.25) is 0 Å². The number of aliphatic hydroxyl groups is 1. The van der Waals surface area contributed by atoms with E-state index in [4.69, 9.17) is 9.84 Å². The highest BCUT2D eigenvalue weighted by molar-refractivity contribution is 7.89. The molecule has 0 spiro atoms. The van der Waals surface area contributed by atoms with Crippen molar-refractivity contribution in [1.82, 2.24) is 9.62 Å². The Kier molecular flexibility index (Phi) is 5.52. The zero-order valence-corrected chi connectivity index (χ0v) is 13.2. The van der Waals surface area contributed by atoms with Gasteiger partial charge < -0.3 is 15.2 Å². The van der Waals surface area contributed by atoms with Gasteiger partial charge in [-0.2, -0.15) is 4.31 Å². The second kappa shape index (κ2) is 7.19. The smallest absolute Gasteiger partial charge is 0.251 e. The molecule has 2 rings (SSSR count). The van der Waals surface area contributed by atoms with Crippen LogP contribution in [0.5, 0.6) is 0 Å². The van der Waals surface area contributed by atoms with E-state index in [1.54, 1.807) is 6.92 Å². The van der Waals surface area contributed by atoms with Crippen LogP contribution in [-0.2, 0) is 14.8 Å². The molecule has 122 valence electrons. The van der Waals surface area contributed by atoms with Crippen molar-refractivity contribution >= 4 is 15.9 Å². The molecule has 0 unspecified atom stereocenters. The summed E-state index contributed by atoms with van der Waals surface area (Å²) in [6.07, 6.45) is 0. The first kappa shape index (κ1) is 16.9. The van der Waals surface area contributed by atoms with Gasteiger partial charge in [-0.25, -0.2) is 8.42 Å². The molecule has 1 heterocycles. The Balaban J connectivity index is 2.12. The normalized spacial score (nSPS) is 17.9. The van der Waals surface area contributed by atoms with E-state index in [1.165, 1.54) is 28.6 Å². The quantitative estimate of drug-likeness (QED) is 0.781. The van der Waals surface area contributed by atoms with Gasteiger partial charge in [-0.15, -0.1) is 0 Å². The van der Waals surface area contributed by atoms with Crippen molar-refractivity contribution < 1.29 is 23.1 Å². The van der Waals surface area contributed by atoms with Crippen molar-refractivity contribution in [3.05, 3.63) is 29.8 Å². The number of sulfonamides is 1. The molecule has 1 saturated heterocycles. The molecule has 0 bridgehead atoms. The van der Waals surface area contributed by atoms with Gasteiger partial charge in [-0.3, -0.25) is 4.79 Å². The Morgan fingerprint density at radius 3 is 2.45 bits per heavy atom. The Labute approximate surface area is 129 Å². The van der Waals surface area contributed by atoms with Gasteiger partial charge in [-0.1, -0.05) is 0 Å². The highest BCUT2D eigenvalue weighted by Gasteiger charge is 2.26. The summed E-state index contributed by atoms with van der Waals surface area (Å²) in [7, 11) is -3.55. The number of amides is 1. The number of carbonyl (C=O) groups is 1. The van der Waals surface area contributed by atoms with Gasteiger partial charge in [-0.05, 0) is 31.2 Å². The van der Waals surface area contributed by atoms with Crippen LogP contribution in [0.4, 0.5) is 0 Å². The lowest BCUT2D eigenvalue weighted by Crippen LogP contribution is -2.40. The molecule has 2 N–H and O–H groups in total. The van der Waals surface area contributed by atoms with Crippen molar-refractivity contribution in [2.24, 2.45) is 0 Å². The van der Waals surface area contributed by atoms with E-state index < -0.39 is 10.0 Å². The molecule has 1 aromatic rings. The van der Waals surface area contributed by atoms with Crippen LogP contribution in [0.3, 0.4) is 0 Å². The Morgan fingerprint density at radius 1 is 1.32 bits per heavy atom. The summed E-state index contributed by atoms with van der Waals surface area (Å²) in [5.74, 6) is -0.350. The molecule has 1 aliphatic rings. The second-order valence-corrected chi connectivity index (χ2v) is 7.04. The van der Waals surface area contributed by atoms with E-state index in [1.807, 2.05) is 0 Å². The van der Waals surface area contributed by atoms with E-state index in [9.17, 15) is 13.2 Å². The number of aliphatic hydroxyl groups excluding tert-OH is 1. The van der Waals surface area contributed by atoms with Crippen LogP contribution >= 0.6 is 0 Å². The number of hydrogen-bond acceptors (Lipinski definition) is 5. The Morgan fingerprint density at radius 2 is 1.91 bits per heavy atom. The van der Waals surface area contributed by atoms with E-state index in [0.29, 0.717) is 31.9 Å². The highest BCUT2D eigenvalue weighted by Crippen LogP contribution is 2.17. The standard InChI is InChI=1S/C14H20N2O5S/c1-11(10-17)15-14(18)12-2-4-13(5-3-12)22(19,20)16-6-8-21-9-7-16/h2-5,11,17H,6-10H2,1H3,(H,15,18)/t11-/m0/s1. The zero-order valence-electron chi connectivity index (χ0n) is 12.4. The molecular weight excluding hydrogens is 308 g/mol. The largest absolute Gasteiger partial charge is 0.394 e. The molecule has 1 aromatic carbocycles. The minimum Gasteiger partial charge on any atom is -0.394 e. The van der Waals surface area contributed by atoms with Crippen LogP contribution in [0.15, 0.2) is 29.2 Å². The highest BCUT2D eigenvalue weighted by atomic mass is 32.2. The van der Waals surface area contributed by atoms with Crippen LogP contribution in [0.1, 0.15) is 17.3 Å². The summed E-state index contributed by atoms with van der Waals surface area (Å²) in [6.45, 7) is 2.96. The third kappa shape index (κ3) is 3.83. The first-order chi connectivity index (χ1) is 10.4. The van der Waals surface area contributed by atoms with Crippen molar-refractivity contribution in [2.75, 3.05) is 32.9 Å². The Bertz CT molecular complexity index is 609. The van der Waals surface area contributed by atoms with Gasteiger partial charge >= 0.3 is 0 Å². The third-order valence-electron chi connectivity index (χ3n) is 3.38. The first-order valence-corrected chi connectivity index (χ1v) is 8.49. The summed E-state index contributed by atoms with van der Waals surface area (Å²) in [4.78, 5) is 12.0. The van der Waals surface area contributed by atoms with Crippen LogP contribution in [0.25, 0.3) is 0 Å². The van der Waals surface area contributed by atoms with Crippen molar-refractivity contribution in [2.45, 2.75) is 17.9 Å². The second-order valence-electron chi connectivity index (χ2n) is 5.10. The summed E-state index contributed by atoms with van der Waals surface area (Å²) in [5, 5.41) is 11.5. The fraction of sp³-hybridized carbons (Fsp3) is 0.500. The number of nitrogens with one attached hydrogen (secondary N) is 1. The molecule has 1 amide bonds. The molecule has 0 aliphatic carbocycles. The Hall–Kier alpha value is -1.48. The minimum atomic E-state index is -3.55. The van der Waals surface area contributed by atoms with Gasteiger partial charge in [0, 0.05) is 24.7 Å². The van der Waals surface area contributed by atoms with Crippen molar-refractivity contribution in [1.29, 1.82) is 0 Å². The average molecular weight is 328 g/mol. The molecule has 1 atom stereocenters. The van der Waals surface area contributed by atoms with Crippen LogP contribution in [-0.4, -0.2) is 62.7 Å². The topological polar surface area (TPSA) is 95.9 Å². The summed E-state index contributed by atoms with van der Waals surface area (Å²) in [5.41, 5.74) is 0.348. The molecule has 1 aliphatic heterocycles. The van der Waals surface area contributed by atoms with Gasteiger partial charge in [0.1, 0.15) is 0 Å². The van der Waals surface area contributed by atoms with Gasteiger partial charge in [0.15, 0.2) is 0 Å². The molecule has 7 nitrogen and oxygen atoms in total. The molecule has 8 heteroatoms. The maximum atomic E-state index is 12.4. The predicted octanol–water partition coefficient (Wildman–Crippen LogP) is -0.182. The molecule has 0 radical (unpaired) electrons. The van der Waals surface area contributed by atoms with Crippen LogP contribution in [0, 0.1) is 0 Å². The number of ether oxygens (including phenoxy) is 1. The molecule has 0 saturated carbocycles. The number of nitrogens with zero attached hydrogens (tertiary/aromatic N) is 1. The van der Waals surface area contributed by atoms with Gasteiger partial charge in [0.2, 0.25) is 10.0 Å². The lowest BCUT2D eigenvalue weighted by atomic mass is 10.2. The van der Waals surface area contributed by atoms with Crippen LogP contribution < -0.4 is 5.32 Å². The molecule has 1 fully saturated rings. The molecule has 0 aromatic heterocycles. The fourth-order valence-electron chi connectivity index (χ4n) is 2.07. The van der Waals surface area contributed by atoms with Gasteiger partial charge in [0.25, 0.3) is 5.91 Å². The number of morpholine rings is 1. The van der Waals surface area contributed by atoms with Crippen molar-refractivity contribution in [3.8, 4) is 0 Å². The van der Waals surface area contributed by atoms with E-state index in [-0.39, 0.29) is 23.5 Å². The van der Waals surface area contributed by atoms with E-state index in [0.717, 1.165) is 0 Å². The van der Waals surface area contributed by atoms with E-state index >= 15 is 0 Å². The first-order valence-electron chi connectivity index (χ1n) is 7.05. The van der Waals surface area contributed by atoms with E-state index in [2.05, 4.69) is 5.32 Å². The van der Waals surface area contributed by atoms with Crippen molar-refractivity contribution in [3.63, 3.8) is 0 Å². The SMILES string of the molecule is C[C@@H](CO)NC(=O)c1ccc(S(=O)(=O)N2CCOCC2)cc1. The lowest BCUT2D eigenvalue weighted by Gasteiger charge is -2.26. The average Bonchev–Trinajstić information content (AvgIpc) is 2.55. The number of rotatable bonds is 5. The number of hydrogen-bond donors (Lipinski definition) is 2.